The molecule has 2 atom stereocenters. The van der Waals surface area contributed by atoms with Crippen molar-refractivity contribution in [2.24, 2.45) is 0 Å². The minimum atomic E-state index is -3.92. The molecule has 152 valence electrons. The summed E-state index contributed by atoms with van der Waals surface area (Å²) in [5.41, 5.74) is 1.64. The highest BCUT2D eigenvalue weighted by molar-refractivity contribution is 7.96. The van der Waals surface area contributed by atoms with Gasteiger partial charge in [0.15, 0.2) is 19.7 Å². The maximum atomic E-state index is 13.3. The van der Waals surface area contributed by atoms with Crippen molar-refractivity contribution in [3.05, 3.63) is 58.6 Å². The van der Waals surface area contributed by atoms with Crippen molar-refractivity contribution in [2.45, 2.75) is 29.7 Å². The number of rotatable bonds is 6. The lowest BCUT2D eigenvalue weighted by molar-refractivity contribution is 0.402. The van der Waals surface area contributed by atoms with Crippen LogP contribution in [0.1, 0.15) is 11.1 Å². The van der Waals surface area contributed by atoms with E-state index in [0.717, 1.165) is 11.1 Å². The largest absolute Gasteiger partial charge is 0.495 e. The van der Waals surface area contributed by atoms with Crippen LogP contribution in [0.25, 0.3) is 0 Å². The van der Waals surface area contributed by atoms with E-state index in [1.165, 1.54) is 13.2 Å². The van der Waals surface area contributed by atoms with Crippen molar-refractivity contribution in [1.29, 1.82) is 0 Å². The highest BCUT2D eigenvalue weighted by Crippen LogP contribution is 2.32. The average Bonchev–Trinajstić information content (AvgIpc) is 2.96. The fourth-order valence-corrected chi connectivity index (χ4v) is 8.42. The molecule has 1 aliphatic rings. The van der Waals surface area contributed by atoms with Crippen LogP contribution in [0, 0.1) is 6.92 Å². The first-order valence-electron chi connectivity index (χ1n) is 8.69. The van der Waals surface area contributed by atoms with Crippen LogP contribution in [-0.4, -0.2) is 46.7 Å². The standard InChI is InChI=1S/C19H22ClNO5S2/c1-13-3-8-17(26-2)18(9-13)28(24,25)19-12-27(22,23)11-16(19)21-10-14-4-6-15(20)7-5-14/h3-9,16,19,21H,10-12H2,1-2H3/t16-,19-/m0/s1. The molecule has 0 bridgehead atoms. The molecular formula is C19H22ClNO5S2. The predicted molar refractivity (Wildman–Crippen MR) is 109 cm³/mol. The van der Waals surface area contributed by atoms with E-state index < -0.39 is 36.7 Å². The summed E-state index contributed by atoms with van der Waals surface area (Å²) in [5.74, 6) is -0.421. The number of ether oxygens (including phenoxy) is 1. The van der Waals surface area contributed by atoms with Gasteiger partial charge >= 0.3 is 0 Å². The second-order valence-electron chi connectivity index (χ2n) is 6.93. The van der Waals surface area contributed by atoms with Crippen LogP contribution in [0.5, 0.6) is 5.75 Å². The van der Waals surface area contributed by atoms with Gasteiger partial charge in [-0.1, -0.05) is 29.8 Å². The average molecular weight is 444 g/mol. The Kier molecular flexibility index (Phi) is 6.05. The topological polar surface area (TPSA) is 89.5 Å². The lowest BCUT2D eigenvalue weighted by Crippen LogP contribution is -2.43. The Balaban J connectivity index is 1.91. The summed E-state index contributed by atoms with van der Waals surface area (Å²) >= 11 is 5.88. The Labute approximate surface area is 170 Å². The van der Waals surface area contributed by atoms with E-state index in [0.29, 0.717) is 11.6 Å². The zero-order chi connectivity index (χ0) is 20.5. The van der Waals surface area contributed by atoms with Gasteiger partial charge in [0, 0.05) is 17.6 Å². The highest BCUT2D eigenvalue weighted by Gasteiger charge is 2.46. The van der Waals surface area contributed by atoms with Gasteiger partial charge in [-0.2, -0.15) is 0 Å². The molecule has 2 aromatic rings. The van der Waals surface area contributed by atoms with Crippen molar-refractivity contribution in [2.75, 3.05) is 18.6 Å². The molecular weight excluding hydrogens is 422 g/mol. The third-order valence-corrected chi connectivity index (χ3v) is 9.23. The Morgan fingerprint density at radius 2 is 1.82 bits per heavy atom. The first-order valence-corrected chi connectivity index (χ1v) is 12.4. The minimum absolute atomic E-state index is 0.0235. The van der Waals surface area contributed by atoms with Crippen LogP contribution in [0.3, 0.4) is 0 Å². The summed E-state index contributed by atoms with van der Waals surface area (Å²) in [5, 5.41) is 2.62. The molecule has 0 spiro atoms. The molecule has 1 aliphatic heterocycles. The fraction of sp³-hybridized carbons (Fsp3) is 0.368. The number of sulfone groups is 2. The lowest BCUT2D eigenvalue weighted by atomic mass is 10.2. The second kappa shape index (κ2) is 8.02. The smallest absolute Gasteiger partial charge is 0.187 e. The van der Waals surface area contributed by atoms with Crippen LogP contribution in [0.15, 0.2) is 47.4 Å². The van der Waals surface area contributed by atoms with Crippen molar-refractivity contribution < 1.29 is 21.6 Å². The molecule has 1 fully saturated rings. The third-order valence-electron chi connectivity index (χ3n) is 4.81. The van der Waals surface area contributed by atoms with Crippen molar-refractivity contribution in [3.63, 3.8) is 0 Å². The monoisotopic (exact) mass is 443 g/mol. The van der Waals surface area contributed by atoms with E-state index in [4.69, 9.17) is 16.3 Å². The van der Waals surface area contributed by atoms with Gasteiger partial charge in [-0.05, 0) is 42.3 Å². The van der Waals surface area contributed by atoms with Gasteiger partial charge in [-0.25, -0.2) is 16.8 Å². The van der Waals surface area contributed by atoms with Gasteiger partial charge in [0.25, 0.3) is 0 Å². The molecule has 1 N–H and O–H groups in total. The Morgan fingerprint density at radius 3 is 2.46 bits per heavy atom. The number of hydrogen-bond acceptors (Lipinski definition) is 6. The Bertz CT molecular complexity index is 1070. The van der Waals surface area contributed by atoms with Crippen LogP contribution in [0.2, 0.25) is 5.02 Å². The van der Waals surface area contributed by atoms with Gasteiger partial charge in [0.2, 0.25) is 0 Å². The van der Waals surface area contributed by atoms with E-state index in [-0.39, 0.29) is 16.4 Å². The lowest BCUT2D eigenvalue weighted by Gasteiger charge is -2.21. The molecule has 6 nitrogen and oxygen atoms in total. The fourth-order valence-electron chi connectivity index (χ4n) is 3.33. The molecule has 0 saturated carbocycles. The maximum Gasteiger partial charge on any atom is 0.187 e. The van der Waals surface area contributed by atoms with Crippen LogP contribution in [0.4, 0.5) is 0 Å². The van der Waals surface area contributed by atoms with Gasteiger partial charge < -0.3 is 10.1 Å². The molecule has 9 heteroatoms. The number of aryl methyl sites for hydroxylation is 1. The highest BCUT2D eigenvalue weighted by atomic mass is 35.5. The molecule has 0 unspecified atom stereocenters. The van der Waals surface area contributed by atoms with Crippen LogP contribution < -0.4 is 10.1 Å². The van der Waals surface area contributed by atoms with E-state index in [9.17, 15) is 16.8 Å². The number of benzene rings is 2. The van der Waals surface area contributed by atoms with E-state index in [1.54, 1.807) is 31.2 Å². The van der Waals surface area contributed by atoms with E-state index in [2.05, 4.69) is 5.32 Å². The summed E-state index contributed by atoms with van der Waals surface area (Å²) in [4.78, 5) is 0.0235. The molecule has 0 aromatic heterocycles. The van der Waals surface area contributed by atoms with Crippen LogP contribution in [-0.2, 0) is 26.2 Å². The van der Waals surface area contributed by atoms with Crippen molar-refractivity contribution >= 4 is 31.3 Å². The third kappa shape index (κ3) is 4.51. The van der Waals surface area contributed by atoms with Crippen molar-refractivity contribution in [1.82, 2.24) is 5.32 Å². The van der Waals surface area contributed by atoms with Gasteiger partial charge in [0.1, 0.15) is 10.6 Å². The summed E-state index contributed by atoms with van der Waals surface area (Å²) in [6, 6.07) is 11.2. The quantitative estimate of drug-likeness (QED) is 0.737. The summed E-state index contributed by atoms with van der Waals surface area (Å²) in [7, 11) is -6.01. The van der Waals surface area contributed by atoms with E-state index in [1.807, 2.05) is 12.1 Å². The van der Waals surface area contributed by atoms with Gasteiger partial charge in [-0.3, -0.25) is 0 Å². The molecule has 0 radical (unpaired) electrons. The Morgan fingerprint density at radius 1 is 1.14 bits per heavy atom. The van der Waals surface area contributed by atoms with Crippen LogP contribution >= 0.6 is 11.6 Å². The van der Waals surface area contributed by atoms with Gasteiger partial charge in [-0.15, -0.1) is 0 Å². The summed E-state index contributed by atoms with van der Waals surface area (Å²) < 4.78 is 56.4. The summed E-state index contributed by atoms with van der Waals surface area (Å²) in [6.07, 6.45) is 0. The predicted octanol–water partition coefficient (Wildman–Crippen LogP) is 2.39. The SMILES string of the molecule is COc1ccc(C)cc1S(=O)(=O)[C@H]1CS(=O)(=O)C[C@@H]1NCc1ccc(Cl)cc1. The molecule has 0 amide bonds. The van der Waals surface area contributed by atoms with E-state index >= 15 is 0 Å². The molecule has 1 saturated heterocycles. The number of halogens is 1. The maximum absolute atomic E-state index is 13.3. The molecule has 28 heavy (non-hydrogen) atoms. The zero-order valence-corrected chi connectivity index (χ0v) is 17.9. The number of hydrogen-bond donors (Lipinski definition) is 1. The molecule has 1 heterocycles. The molecule has 3 rings (SSSR count). The summed E-state index contributed by atoms with van der Waals surface area (Å²) in [6.45, 7) is 2.12. The zero-order valence-electron chi connectivity index (χ0n) is 15.6. The first kappa shape index (κ1) is 21.1. The minimum Gasteiger partial charge on any atom is -0.495 e. The number of nitrogens with one attached hydrogen (secondary N) is 1. The van der Waals surface area contributed by atoms with Gasteiger partial charge in [0.05, 0.1) is 23.9 Å². The first-order chi connectivity index (χ1) is 13.1. The van der Waals surface area contributed by atoms with Crippen molar-refractivity contribution in [3.8, 4) is 5.75 Å². The second-order valence-corrected chi connectivity index (χ2v) is 11.7. The number of methoxy groups -OCH3 is 1. The molecule has 2 aromatic carbocycles. The Hall–Kier alpha value is -1.61. The molecule has 0 aliphatic carbocycles. The normalized spacial score (nSPS) is 21.5.